The highest BCUT2D eigenvalue weighted by Crippen LogP contribution is 2.38. The first-order valence-electron chi connectivity index (χ1n) is 33.7. The number of hydrogen-bond donors (Lipinski definition) is 2. The van der Waals surface area contributed by atoms with Crippen molar-refractivity contribution >= 4 is 13.7 Å². The van der Waals surface area contributed by atoms with Gasteiger partial charge in [0.1, 0.15) is 13.2 Å². The minimum Gasteiger partial charge on any atom is -0.756 e. The van der Waals surface area contributed by atoms with E-state index in [4.69, 9.17) is 9.05 Å². The molecule has 1 amide bonds. The molecule has 8 nitrogen and oxygen atoms in total. The number of nitrogens with zero attached hydrogens (tertiary/aromatic N) is 1. The summed E-state index contributed by atoms with van der Waals surface area (Å²) in [5, 5.41) is 13.9. The fraction of sp³-hybridized carbons (Fsp3) is 0.841. The van der Waals surface area contributed by atoms with Crippen LogP contribution in [0.1, 0.15) is 322 Å². The van der Waals surface area contributed by atoms with Crippen molar-refractivity contribution in [3.05, 3.63) is 60.8 Å². The lowest BCUT2D eigenvalue weighted by Gasteiger charge is -2.29. The van der Waals surface area contributed by atoms with Crippen LogP contribution in [0.3, 0.4) is 0 Å². The molecule has 0 aliphatic rings. The number of carbonyl (C=O) groups is 1. The number of hydrogen-bond acceptors (Lipinski definition) is 6. The zero-order valence-corrected chi connectivity index (χ0v) is 53.3. The van der Waals surface area contributed by atoms with Gasteiger partial charge in [0.2, 0.25) is 5.91 Å². The van der Waals surface area contributed by atoms with E-state index in [1.165, 1.54) is 250 Å². The first-order chi connectivity index (χ1) is 38.0. The van der Waals surface area contributed by atoms with E-state index in [1.54, 1.807) is 6.08 Å². The Morgan fingerprint density at radius 3 is 1.12 bits per heavy atom. The highest BCUT2D eigenvalue weighted by Gasteiger charge is 2.23. The second-order valence-electron chi connectivity index (χ2n) is 24.2. The molecule has 3 atom stereocenters. The molecule has 9 heteroatoms. The number of aliphatic hydroxyl groups excluding tert-OH is 1. The summed E-state index contributed by atoms with van der Waals surface area (Å²) in [6, 6.07) is -0.913. The summed E-state index contributed by atoms with van der Waals surface area (Å²) in [5.74, 6) is -0.208. The smallest absolute Gasteiger partial charge is 0.268 e. The fourth-order valence-electron chi connectivity index (χ4n) is 9.92. The van der Waals surface area contributed by atoms with Crippen molar-refractivity contribution in [1.29, 1.82) is 0 Å². The maximum absolute atomic E-state index is 13.0. The predicted molar refractivity (Wildman–Crippen MR) is 339 cm³/mol. The van der Waals surface area contributed by atoms with Gasteiger partial charge in [-0.2, -0.15) is 0 Å². The van der Waals surface area contributed by atoms with Gasteiger partial charge < -0.3 is 28.8 Å². The van der Waals surface area contributed by atoms with E-state index in [0.717, 1.165) is 51.4 Å². The number of aliphatic hydroxyl groups is 1. The van der Waals surface area contributed by atoms with Gasteiger partial charge in [-0.25, -0.2) is 0 Å². The van der Waals surface area contributed by atoms with Gasteiger partial charge in [0.25, 0.3) is 7.82 Å². The Labute approximate surface area is 485 Å². The molecule has 0 spiro atoms. The number of unbranched alkanes of at least 4 members (excludes halogenated alkanes) is 41. The van der Waals surface area contributed by atoms with Crippen molar-refractivity contribution in [3.8, 4) is 0 Å². The van der Waals surface area contributed by atoms with Crippen LogP contribution in [-0.2, 0) is 18.4 Å². The quantitative estimate of drug-likeness (QED) is 0.0272. The van der Waals surface area contributed by atoms with E-state index in [2.05, 4.69) is 67.8 Å². The SMILES string of the molecule is CCCCCCC/C=C\C/C=C\CCCCCCCCCCCCCCCCCC(=O)NC(COP(=O)([O-])OCC[N+](C)(C)C)C(O)/C=C/CC/C=C/CC/C=C/CCCCCCCCCCCCCCCCCCCCC. The van der Waals surface area contributed by atoms with Gasteiger partial charge in [-0.1, -0.05) is 299 Å². The fourth-order valence-corrected chi connectivity index (χ4v) is 10.6. The molecule has 2 N–H and O–H groups in total. The first-order valence-corrected chi connectivity index (χ1v) is 35.1. The van der Waals surface area contributed by atoms with Crippen LogP contribution in [0.2, 0.25) is 0 Å². The topological polar surface area (TPSA) is 108 Å². The third-order valence-corrected chi connectivity index (χ3v) is 16.1. The predicted octanol–water partition coefficient (Wildman–Crippen LogP) is 20.6. The average Bonchev–Trinajstić information content (AvgIpc) is 3.41. The molecular weight excluding hydrogens is 984 g/mol. The Morgan fingerprint density at radius 1 is 0.449 bits per heavy atom. The van der Waals surface area contributed by atoms with E-state index in [-0.39, 0.29) is 12.5 Å². The van der Waals surface area contributed by atoms with E-state index >= 15 is 0 Å². The molecule has 0 aromatic carbocycles. The summed E-state index contributed by atoms with van der Waals surface area (Å²) in [6.45, 7) is 4.65. The Hall–Kier alpha value is -1.80. The second-order valence-corrected chi connectivity index (χ2v) is 25.6. The maximum atomic E-state index is 13.0. The number of amides is 1. The Kier molecular flexibility index (Phi) is 58.4. The molecule has 0 saturated carbocycles. The zero-order valence-electron chi connectivity index (χ0n) is 52.4. The second kappa shape index (κ2) is 59.8. The summed E-state index contributed by atoms with van der Waals surface area (Å²) in [7, 11) is 1.24. The van der Waals surface area contributed by atoms with Gasteiger partial charge in [0.05, 0.1) is 39.9 Å². The average molecular weight is 1120 g/mol. The summed E-state index contributed by atoms with van der Waals surface area (Å²) in [5.41, 5.74) is 0. The van der Waals surface area contributed by atoms with Crippen molar-refractivity contribution in [2.24, 2.45) is 0 Å². The summed E-state index contributed by atoms with van der Waals surface area (Å²) in [4.78, 5) is 25.6. The van der Waals surface area contributed by atoms with E-state index in [1.807, 2.05) is 27.2 Å². The molecule has 0 aromatic heterocycles. The Balaban J connectivity index is 4.16. The molecule has 0 bridgehead atoms. The Morgan fingerprint density at radius 2 is 0.756 bits per heavy atom. The van der Waals surface area contributed by atoms with Crippen LogP contribution in [0.4, 0.5) is 0 Å². The number of allylic oxidation sites excluding steroid dienone is 9. The molecule has 0 aliphatic heterocycles. The van der Waals surface area contributed by atoms with Gasteiger partial charge >= 0.3 is 0 Å². The number of likely N-dealkylation sites (N-methyl/N-ethyl adjacent to an activating group) is 1. The van der Waals surface area contributed by atoms with Crippen LogP contribution >= 0.6 is 7.82 Å². The first kappa shape index (κ1) is 76.2. The molecule has 0 radical (unpaired) electrons. The van der Waals surface area contributed by atoms with E-state index < -0.39 is 26.6 Å². The number of carbonyl (C=O) groups excluding carboxylic acids is 1. The summed E-state index contributed by atoms with van der Waals surface area (Å²) < 4.78 is 23.4. The van der Waals surface area contributed by atoms with Gasteiger partial charge in [-0.15, -0.1) is 0 Å². The summed E-state index contributed by atoms with van der Waals surface area (Å²) >= 11 is 0. The molecule has 0 heterocycles. The van der Waals surface area contributed by atoms with Gasteiger partial charge in [-0.3, -0.25) is 9.36 Å². The highest BCUT2D eigenvalue weighted by atomic mass is 31.2. The van der Waals surface area contributed by atoms with Crippen LogP contribution in [0.25, 0.3) is 0 Å². The number of phosphoric ester groups is 1. The van der Waals surface area contributed by atoms with Crippen LogP contribution in [0.15, 0.2) is 60.8 Å². The number of quaternary nitrogens is 1. The molecule has 3 unspecified atom stereocenters. The molecule has 78 heavy (non-hydrogen) atoms. The van der Waals surface area contributed by atoms with Crippen molar-refractivity contribution < 1.29 is 32.9 Å². The minimum atomic E-state index is -4.62. The zero-order chi connectivity index (χ0) is 57.0. The van der Waals surface area contributed by atoms with Crippen molar-refractivity contribution in [3.63, 3.8) is 0 Å². The lowest BCUT2D eigenvalue weighted by molar-refractivity contribution is -0.870. The largest absolute Gasteiger partial charge is 0.756 e. The molecule has 0 aromatic rings. The lowest BCUT2D eigenvalue weighted by Crippen LogP contribution is -2.45. The molecule has 0 aliphatic carbocycles. The summed E-state index contributed by atoms with van der Waals surface area (Å²) in [6.07, 6.45) is 81.9. The van der Waals surface area contributed by atoms with Crippen molar-refractivity contribution in [2.75, 3.05) is 40.9 Å². The van der Waals surface area contributed by atoms with Crippen LogP contribution < -0.4 is 10.2 Å². The van der Waals surface area contributed by atoms with Crippen molar-refractivity contribution in [1.82, 2.24) is 5.32 Å². The molecule has 0 saturated heterocycles. The minimum absolute atomic E-state index is 0.00967. The van der Waals surface area contributed by atoms with E-state index in [0.29, 0.717) is 17.4 Å². The molecule has 458 valence electrons. The van der Waals surface area contributed by atoms with Gasteiger partial charge in [-0.05, 0) is 77.0 Å². The van der Waals surface area contributed by atoms with E-state index in [9.17, 15) is 19.4 Å². The molecular formula is C69H131N2O6P. The third-order valence-electron chi connectivity index (χ3n) is 15.2. The van der Waals surface area contributed by atoms with Gasteiger partial charge in [0.15, 0.2) is 0 Å². The number of phosphoric acid groups is 1. The Bertz CT molecular complexity index is 1450. The molecule has 0 fully saturated rings. The van der Waals surface area contributed by atoms with Crippen LogP contribution in [-0.4, -0.2) is 68.5 Å². The van der Waals surface area contributed by atoms with Crippen LogP contribution in [0.5, 0.6) is 0 Å². The van der Waals surface area contributed by atoms with Crippen molar-refractivity contribution in [2.45, 2.75) is 334 Å². The highest BCUT2D eigenvalue weighted by molar-refractivity contribution is 7.45. The number of nitrogens with one attached hydrogen (secondary N) is 1. The standard InChI is InChI=1S/C69H131N2O6P/c1-6-8-10-12-14-16-18-20-22-24-26-28-30-32-34-35-37-38-40-42-44-46-48-50-52-54-56-58-60-62-68(72)67(66-77-78(74,75)76-65-64-71(3,4)5)70-69(73)63-61-59-57-55-53-51-49-47-45-43-41-39-36-33-31-29-27-25-23-21-19-17-15-13-11-9-7-2/h19,21,25,27,44,46,52,54,60,62,67-68,72H,6-18,20,22-24,26,28-43,45,47-51,53,55-59,61,63-66H2,1-5H3,(H-,70,73,74,75)/b21-19-,27-25-,46-44+,54-52+,62-60+. The number of rotatable bonds is 62. The maximum Gasteiger partial charge on any atom is 0.268 e. The third kappa shape index (κ3) is 61.8. The van der Waals surface area contributed by atoms with Gasteiger partial charge in [0, 0.05) is 6.42 Å². The van der Waals surface area contributed by atoms with Crippen LogP contribution in [0, 0.1) is 0 Å². The monoisotopic (exact) mass is 1110 g/mol. The lowest BCUT2D eigenvalue weighted by atomic mass is 10.0. The molecule has 0 rings (SSSR count). The normalized spacial score (nSPS) is 14.1.